The highest BCUT2D eigenvalue weighted by Crippen LogP contribution is 2.39. The Labute approximate surface area is 146 Å². The molecular weight excluding hydrogens is 315 g/mol. The number of rotatable bonds is 4. The predicted molar refractivity (Wildman–Crippen MR) is 98.2 cm³/mol. The molecule has 0 spiro atoms. The minimum absolute atomic E-state index is 0. The van der Waals surface area contributed by atoms with Crippen molar-refractivity contribution in [3.05, 3.63) is 65.6 Å². The van der Waals surface area contributed by atoms with Crippen molar-refractivity contribution < 1.29 is 5.82 Å². The molecule has 0 aliphatic heterocycles. The summed E-state index contributed by atoms with van der Waals surface area (Å²) >= 11 is 0. The number of hydrogen-bond acceptors (Lipinski definition) is 4. The maximum Gasteiger partial charge on any atom is 0.223 e. The average Bonchev–Trinajstić information content (AvgIpc) is 3.24. The number of fused-ring (bicyclic) bond motifs is 2. The van der Waals surface area contributed by atoms with Crippen LogP contribution in [0.2, 0.25) is 0 Å². The predicted octanol–water partition coefficient (Wildman–Crippen LogP) is 4.17. The SMILES string of the molecule is FC1(CNc2ncc3c(n2)CC=C3c2ccc3ncccc3c2)CC1.[HH]. The summed E-state index contributed by atoms with van der Waals surface area (Å²) in [6, 6.07) is 10.3. The van der Waals surface area contributed by atoms with E-state index in [9.17, 15) is 4.39 Å². The fraction of sp³-hybridized carbons (Fsp3) is 0.250. The molecule has 25 heavy (non-hydrogen) atoms. The Morgan fingerprint density at radius 2 is 2.12 bits per heavy atom. The standard InChI is InChI=1S/C20H17FN4.H2/c21-20(7-8-20)12-24-19-23-11-16-15(4-6-18(16)25-19)13-3-5-17-14(10-13)2-1-9-22-17;/h1-5,9-11H,6-8,12H2,(H,23,24,25);1H. The second kappa shape index (κ2) is 5.34. The molecule has 2 aliphatic rings. The molecule has 1 aromatic carbocycles. The number of pyridine rings is 1. The number of aromatic nitrogens is 3. The van der Waals surface area contributed by atoms with Crippen LogP contribution >= 0.6 is 0 Å². The zero-order valence-electron chi connectivity index (χ0n) is 13.7. The summed E-state index contributed by atoms with van der Waals surface area (Å²) in [4.78, 5) is 13.3. The Morgan fingerprint density at radius 1 is 1.20 bits per heavy atom. The molecule has 0 atom stereocenters. The summed E-state index contributed by atoms with van der Waals surface area (Å²) in [5, 5.41) is 4.14. The third kappa shape index (κ3) is 2.65. The molecule has 1 saturated carbocycles. The first-order chi connectivity index (χ1) is 12.2. The number of nitrogens with zero attached hydrogens (tertiary/aromatic N) is 3. The molecule has 2 heterocycles. The lowest BCUT2D eigenvalue weighted by Gasteiger charge is -2.10. The normalized spacial score (nSPS) is 17.2. The Morgan fingerprint density at radius 3 is 3.00 bits per heavy atom. The van der Waals surface area contributed by atoms with Crippen molar-refractivity contribution >= 4 is 22.4 Å². The highest BCUT2D eigenvalue weighted by atomic mass is 19.1. The summed E-state index contributed by atoms with van der Waals surface area (Å²) in [6.07, 6.45) is 7.86. The van der Waals surface area contributed by atoms with E-state index in [1.807, 2.05) is 18.3 Å². The summed E-state index contributed by atoms with van der Waals surface area (Å²) in [5.41, 5.74) is 4.27. The van der Waals surface area contributed by atoms with Gasteiger partial charge >= 0.3 is 0 Å². The van der Waals surface area contributed by atoms with Crippen molar-refractivity contribution in [2.75, 3.05) is 11.9 Å². The van der Waals surface area contributed by atoms with Crippen molar-refractivity contribution in [1.29, 1.82) is 0 Å². The Kier molecular flexibility index (Phi) is 3.10. The van der Waals surface area contributed by atoms with Crippen molar-refractivity contribution in [3.8, 4) is 0 Å². The van der Waals surface area contributed by atoms with Gasteiger partial charge in [0.05, 0.1) is 17.8 Å². The molecule has 5 rings (SSSR count). The van der Waals surface area contributed by atoms with Gasteiger partial charge in [0.25, 0.3) is 0 Å². The molecule has 1 N–H and O–H groups in total. The summed E-state index contributed by atoms with van der Waals surface area (Å²) in [6.45, 7) is 0.295. The minimum Gasteiger partial charge on any atom is -0.351 e. The van der Waals surface area contributed by atoms with E-state index in [0.29, 0.717) is 25.3 Å². The van der Waals surface area contributed by atoms with Gasteiger partial charge < -0.3 is 5.32 Å². The largest absolute Gasteiger partial charge is 0.351 e. The van der Waals surface area contributed by atoms with E-state index in [-0.39, 0.29) is 1.43 Å². The zero-order valence-corrected chi connectivity index (χ0v) is 13.7. The van der Waals surface area contributed by atoms with Crippen molar-refractivity contribution in [3.63, 3.8) is 0 Å². The van der Waals surface area contributed by atoms with E-state index < -0.39 is 5.67 Å². The Hall–Kier alpha value is -2.82. The second-order valence-corrected chi connectivity index (χ2v) is 6.79. The van der Waals surface area contributed by atoms with Crippen LogP contribution < -0.4 is 5.32 Å². The quantitative estimate of drug-likeness (QED) is 0.778. The molecular formula is C20H19FN4. The number of alkyl halides is 1. The first-order valence-corrected chi connectivity index (χ1v) is 8.55. The first kappa shape index (κ1) is 14.5. The topological polar surface area (TPSA) is 50.7 Å². The Balaban J connectivity index is 0.00000168. The van der Waals surface area contributed by atoms with Crippen LogP contribution in [0.1, 0.15) is 31.1 Å². The lowest BCUT2D eigenvalue weighted by Crippen LogP contribution is -2.17. The molecule has 0 saturated heterocycles. The van der Waals surface area contributed by atoms with Gasteiger partial charge in [0, 0.05) is 31.2 Å². The van der Waals surface area contributed by atoms with Crippen LogP contribution in [0.25, 0.3) is 16.5 Å². The zero-order chi connectivity index (χ0) is 16.9. The fourth-order valence-electron chi connectivity index (χ4n) is 3.26. The minimum atomic E-state index is -1.05. The molecule has 1 fully saturated rings. The lowest BCUT2D eigenvalue weighted by molar-refractivity contribution is 0.326. The number of anilines is 1. The van der Waals surface area contributed by atoms with Gasteiger partial charge in [-0.15, -0.1) is 0 Å². The van der Waals surface area contributed by atoms with Gasteiger partial charge in [-0.1, -0.05) is 18.2 Å². The highest BCUT2D eigenvalue weighted by Gasteiger charge is 2.43. The van der Waals surface area contributed by atoms with E-state index in [1.54, 1.807) is 6.20 Å². The van der Waals surface area contributed by atoms with Crippen molar-refractivity contribution in [1.82, 2.24) is 15.0 Å². The van der Waals surface area contributed by atoms with Crippen molar-refractivity contribution in [2.45, 2.75) is 24.9 Å². The van der Waals surface area contributed by atoms with Crippen LogP contribution in [-0.4, -0.2) is 27.2 Å². The molecule has 2 aromatic heterocycles. The van der Waals surface area contributed by atoms with Crippen molar-refractivity contribution in [2.24, 2.45) is 0 Å². The first-order valence-electron chi connectivity index (χ1n) is 8.55. The monoisotopic (exact) mass is 334 g/mol. The summed E-state index contributed by atoms with van der Waals surface area (Å²) in [5.74, 6) is 0.514. The van der Waals surface area contributed by atoms with E-state index >= 15 is 0 Å². The number of halogens is 1. The molecule has 0 bridgehead atoms. The number of benzene rings is 1. The van der Waals surface area contributed by atoms with Gasteiger partial charge in [-0.2, -0.15) is 0 Å². The average molecular weight is 334 g/mol. The molecule has 4 nitrogen and oxygen atoms in total. The number of allylic oxidation sites excluding steroid dienone is 1. The fourth-order valence-corrected chi connectivity index (χ4v) is 3.26. The summed E-state index contributed by atoms with van der Waals surface area (Å²) in [7, 11) is 0. The van der Waals surface area contributed by atoms with Crippen LogP contribution in [0.5, 0.6) is 0 Å². The number of hydrogen-bond donors (Lipinski definition) is 1. The van der Waals surface area contributed by atoms with Crippen LogP contribution in [0, 0.1) is 0 Å². The van der Waals surface area contributed by atoms with E-state index in [2.05, 4.69) is 44.5 Å². The van der Waals surface area contributed by atoms with E-state index in [1.165, 1.54) is 0 Å². The van der Waals surface area contributed by atoms with E-state index in [0.717, 1.165) is 39.7 Å². The smallest absolute Gasteiger partial charge is 0.223 e. The summed E-state index contributed by atoms with van der Waals surface area (Å²) < 4.78 is 13.7. The van der Waals surface area contributed by atoms with E-state index in [4.69, 9.17) is 0 Å². The lowest BCUT2D eigenvalue weighted by atomic mass is 10.0. The Bertz CT molecular complexity index is 1010. The van der Waals surface area contributed by atoms with Gasteiger partial charge in [0.15, 0.2) is 0 Å². The van der Waals surface area contributed by atoms with Crippen LogP contribution in [0.15, 0.2) is 48.8 Å². The van der Waals surface area contributed by atoms with Gasteiger partial charge in [0.2, 0.25) is 5.95 Å². The number of nitrogens with one attached hydrogen (secondary N) is 1. The highest BCUT2D eigenvalue weighted by molar-refractivity contribution is 5.89. The van der Waals surface area contributed by atoms with Gasteiger partial charge in [-0.25, -0.2) is 14.4 Å². The van der Waals surface area contributed by atoms with Crippen LogP contribution in [0.4, 0.5) is 10.3 Å². The third-order valence-corrected chi connectivity index (χ3v) is 4.93. The molecule has 2 aliphatic carbocycles. The molecule has 0 amide bonds. The molecule has 3 aromatic rings. The molecule has 5 heteroatoms. The molecule has 0 unspecified atom stereocenters. The van der Waals surface area contributed by atoms with Crippen LogP contribution in [0.3, 0.4) is 0 Å². The van der Waals surface area contributed by atoms with Gasteiger partial charge in [-0.3, -0.25) is 4.98 Å². The van der Waals surface area contributed by atoms with Gasteiger partial charge in [0.1, 0.15) is 5.67 Å². The molecule has 0 radical (unpaired) electrons. The third-order valence-electron chi connectivity index (χ3n) is 4.93. The maximum absolute atomic E-state index is 13.7. The second-order valence-electron chi connectivity index (χ2n) is 6.79. The molecule has 126 valence electrons. The van der Waals surface area contributed by atoms with Crippen LogP contribution in [-0.2, 0) is 6.42 Å². The maximum atomic E-state index is 13.7. The van der Waals surface area contributed by atoms with Gasteiger partial charge in [-0.05, 0) is 42.2 Å².